The van der Waals surface area contributed by atoms with Crippen LogP contribution in [-0.4, -0.2) is 52.8 Å². The number of aliphatic hydroxyl groups excluding tert-OH is 2. The molecule has 0 fully saturated rings. The Morgan fingerprint density at radius 3 is 1.94 bits per heavy atom. The monoisotopic (exact) mass is 464 g/mol. The van der Waals surface area contributed by atoms with Gasteiger partial charge in [-0.1, -0.05) is 78.3 Å². The first-order valence-corrected chi connectivity index (χ1v) is 11.6. The van der Waals surface area contributed by atoms with Gasteiger partial charge in [0.1, 0.15) is 24.8 Å². The van der Waals surface area contributed by atoms with E-state index in [1.54, 1.807) is 27.7 Å². The molecule has 0 unspecified atom stereocenters. The lowest BCUT2D eigenvalue weighted by Gasteiger charge is -2.29. The zero-order valence-corrected chi connectivity index (χ0v) is 20.6. The maximum absolute atomic E-state index is 13.0. The van der Waals surface area contributed by atoms with Crippen LogP contribution in [0.5, 0.6) is 0 Å². The van der Waals surface area contributed by atoms with Crippen molar-refractivity contribution in [3.63, 3.8) is 0 Å². The topological polar surface area (TPSA) is 125 Å². The largest absolute Gasteiger partial charge is 0.459 e. The predicted molar refractivity (Wildman–Crippen MR) is 126 cm³/mol. The van der Waals surface area contributed by atoms with Crippen molar-refractivity contribution in [2.24, 2.45) is 23.7 Å². The molecule has 0 aromatic heterocycles. The van der Waals surface area contributed by atoms with Gasteiger partial charge in [0.25, 0.3) is 0 Å². The first-order valence-electron chi connectivity index (χ1n) is 11.6. The van der Waals surface area contributed by atoms with Gasteiger partial charge in [0.15, 0.2) is 0 Å². The number of rotatable bonds is 13. The molecule has 2 amide bonds. The molecule has 5 atom stereocenters. The highest BCUT2D eigenvalue weighted by Crippen LogP contribution is 2.19. The van der Waals surface area contributed by atoms with Crippen molar-refractivity contribution in [1.82, 2.24) is 10.6 Å². The van der Waals surface area contributed by atoms with Crippen LogP contribution in [0.3, 0.4) is 0 Å². The third-order valence-corrected chi connectivity index (χ3v) is 5.95. The van der Waals surface area contributed by atoms with Crippen molar-refractivity contribution in [2.45, 2.75) is 72.8 Å². The molecule has 4 N–H and O–H groups in total. The van der Waals surface area contributed by atoms with Crippen LogP contribution in [0.4, 0.5) is 0 Å². The van der Waals surface area contributed by atoms with Crippen LogP contribution in [0, 0.1) is 23.7 Å². The van der Waals surface area contributed by atoms with Crippen LogP contribution in [-0.2, 0) is 25.7 Å². The molecule has 0 radical (unpaired) electrons. The number of ether oxygens (including phenoxy) is 1. The van der Waals surface area contributed by atoms with Crippen molar-refractivity contribution >= 4 is 17.8 Å². The van der Waals surface area contributed by atoms with E-state index in [4.69, 9.17) is 4.74 Å². The molecule has 0 aliphatic heterocycles. The lowest BCUT2D eigenvalue weighted by Crippen LogP contribution is -2.57. The van der Waals surface area contributed by atoms with Crippen LogP contribution in [0.25, 0.3) is 0 Å². The number of hydrogen-bond acceptors (Lipinski definition) is 6. The highest BCUT2D eigenvalue weighted by atomic mass is 16.5. The van der Waals surface area contributed by atoms with E-state index in [-0.39, 0.29) is 31.0 Å². The maximum Gasteiger partial charge on any atom is 0.329 e. The van der Waals surface area contributed by atoms with Crippen LogP contribution < -0.4 is 10.6 Å². The molecule has 1 rings (SSSR count). The Bertz CT molecular complexity index is 753. The van der Waals surface area contributed by atoms with E-state index in [9.17, 15) is 24.6 Å². The molecule has 33 heavy (non-hydrogen) atoms. The van der Waals surface area contributed by atoms with E-state index in [0.29, 0.717) is 6.42 Å². The normalized spacial score (nSPS) is 15.9. The van der Waals surface area contributed by atoms with Gasteiger partial charge >= 0.3 is 5.97 Å². The van der Waals surface area contributed by atoms with Crippen molar-refractivity contribution in [3.8, 4) is 0 Å². The molecular formula is C25H40N2O6. The summed E-state index contributed by atoms with van der Waals surface area (Å²) in [5.41, 5.74) is 0.834. The van der Waals surface area contributed by atoms with Gasteiger partial charge in [-0.15, -0.1) is 0 Å². The van der Waals surface area contributed by atoms with Crippen LogP contribution in [0.1, 0.15) is 53.5 Å². The molecule has 0 bridgehead atoms. The van der Waals surface area contributed by atoms with E-state index in [0.717, 1.165) is 5.56 Å². The second kappa shape index (κ2) is 14.0. The summed E-state index contributed by atoms with van der Waals surface area (Å²) in [7, 11) is 0. The van der Waals surface area contributed by atoms with Gasteiger partial charge in [-0.2, -0.15) is 0 Å². The fourth-order valence-electron chi connectivity index (χ4n) is 3.42. The molecule has 0 saturated carbocycles. The molecular weight excluding hydrogens is 424 g/mol. The fourth-order valence-corrected chi connectivity index (χ4v) is 3.42. The highest BCUT2D eigenvalue weighted by molar-refractivity contribution is 5.92. The summed E-state index contributed by atoms with van der Waals surface area (Å²) in [5.74, 6) is -3.08. The minimum absolute atomic E-state index is 0.0771. The summed E-state index contributed by atoms with van der Waals surface area (Å²) in [5, 5.41) is 25.3. The molecule has 0 saturated heterocycles. The van der Waals surface area contributed by atoms with Gasteiger partial charge in [0, 0.05) is 12.5 Å². The van der Waals surface area contributed by atoms with Gasteiger partial charge in [-0.3, -0.25) is 9.59 Å². The number of benzene rings is 1. The van der Waals surface area contributed by atoms with Crippen molar-refractivity contribution in [2.75, 3.05) is 6.61 Å². The predicted octanol–water partition coefficient (Wildman–Crippen LogP) is 2.03. The third-order valence-electron chi connectivity index (χ3n) is 5.95. The molecule has 8 nitrogen and oxygen atoms in total. The summed E-state index contributed by atoms with van der Waals surface area (Å²) in [6.45, 7) is 10.6. The first kappa shape index (κ1) is 28.6. The zero-order chi connectivity index (χ0) is 25.1. The molecule has 0 aliphatic rings. The smallest absolute Gasteiger partial charge is 0.329 e. The second-order valence-corrected chi connectivity index (χ2v) is 9.23. The second-order valence-electron chi connectivity index (χ2n) is 9.23. The van der Waals surface area contributed by atoms with Gasteiger partial charge in [-0.05, 0) is 23.3 Å². The van der Waals surface area contributed by atoms with E-state index in [2.05, 4.69) is 10.6 Å². The maximum atomic E-state index is 13.0. The average molecular weight is 465 g/mol. The van der Waals surface area contributed by atoms with Crippen molar-refractivity contribution < 1.29 is 29.3 Å². The standard InChI is InChI=1S/C25H40N2O6/c1-7-17(6)19(13-28)22(29)24(31)26-20(15(2)3)23(30)27-21(16(4)5)25(32)33-14-18-11-9-8-10-12-18/h8-12,15-17,19-22,28-29H,7,13-14H2,1-6H3,(H,26,31)(H,27,30)/t17-,19-,20-,21-,22+/m0/s1. The molecule has 8 heteroatoms. The number of esters is 1. The number of amides is 2. The van der Waals surface area contributed by atoms with Gasteiger partial charge < -0.3 is 25.6 Å². The molecule has 0 aliphatic carbocycles. The van der Waals surface area contributed by atoms with Crippen molar-refractivity contribution in [1.29, 1.82) is 0 Å². The van der Waals surface area contributed by atoms with E-state index in [1.807, 2.05) is 44.2 Å². The number of nitrogens with one attached hydrogen (secondary N) is 2. The molecule has 1 aromatic carbocycles. The SMILES string of the molecule is CC[C@H](C)[C@H](CO)[C@@H](O)C(=O)N[C@H](C(=O)N[C@H](C(=O)OCc1ccccc1)C(C)C)C(C)C. The number of aliphatic hydroxyl groups is 2. The lowest BCUT2D eigenvalue weighted by atomic mass is 9.87. The van der Waals surface area contributed by atoms with Gasteiger partial charge in [0.05, 0.1) is 0 Å². The van der Waals surface area contributed by atoms with Gasteiger partial charge in [-0.25, -0.2) is 4.79 Å². The Morgan fingerprint density at radius 1 is 0.909 bits per heavy atom. The van der Waals surface area contributed by atoms with Crippen molar-refractivity contribution in [3.05, 3.63) is 35.9 Å². The minimum Gasteiger partial charge on any atom is -0.459 e. The lowest BCUT2D eigenvalue weighted by molar-refractivity contribution is -0.151. The van der Waals surface area contributed by atoms with E-state index in [1.165, 1.54) is 0 Å². The fraction of sp³-hybridized carbons (Fsp3) is 0.640. The summed E-state index contributed by atoms with van der Waals surface area (Å²) >= 11 is 0. The van der Waals surface area contributed by atoms with Crippen LogP contribution >= 0.6 is 0 Å². The van der Waals surface area contributed by atoms with E-state index >= 15 is 0 Å². The van der Waals surface area contributed by atoms with E-state index < -0.39 is 41.9 Å². The van der Waals surface area contributed by atoms with Gasteiger partial charge in [0.2, 0.25) is 11.8 Å². The quantitative estimate of drug-likeness (QED) is 0.331. The first-order chi connectivity index (χ1) is 15.5. The molecule has 0 spiro atoms. The summed E-state index contributed by atoms with van der Waals surface area (Å²) in [4.78, 5) is 38.3. The van der Waals surface area contributed by atoms with Crippen LogP contribution in [0.2, 0.25) is 0 Å². The summed E-state index contributed by atoms with van der Waals surface area (Å²) in [6.07, 6.45) is -0.763. The Morgan fingerprint density at radius 2 is 1.45 bits per heavy atom. The Labute approximate surface area is 197 Å². The Hall–Kier alpha value is -2.45. The average Bonchev–Trinajstić information content (AvgIpc) is 2.79. The summed E-state index contributed by atoms with van der Waals surface area (Å²) < 4.78 is 5.39. The highest BCUT2D eigenvalue weighted by Gasteiger charge is 2.35. The third kappa shape index (κ3) is 8.78. The molecule has 0 heterocycles. The number of carbonyl (C=O) groups is 3. The Kier molecular flexibility index (Phi) is 12.1. The molecule has 186 valence electrons. The number of hydrogen-bond donors (Lipinski definition) is 4. The number of carbonyl (C=O) groups excluding carboxylic acids is 3. The minimum atomic E-state index is -1.45. The molecule has 1 aromatic rings. The Balaban J connectivity index is 2.85. The zero-order valence-electron chi connectivity index (χ0n) is 20.6. The summed E-state index contributed by atoms with van der Waals surface area (Å²) in [6, 6.07) is 7.37. The van der Waals surface area contributed by atoms with Crippen LogP contribution in [0.15, 0.2) is 30.3 Å².